The van der Waals surface area contributed by atoms with Gasteiger partial charge >= 0.3 is 7.60 Å². The number of hydrogen-bond acceptors (Lipinski definition) is 2. The molecular formula is C12H9BrFO4P. The van der Waals surface area contributed by atoms with Gasteiger partial charge in [0.1, 0.15) is 6.29 Å². The van der Waals surface area contributed by atoms with Gasteiger partial charge in [-0.2, -0.15) is 0 Å². The molecule has 0 radical (unpaired) electrons. The van der Waals surface area contributed by atoms with Crippen molar-refractivity contribution < 1.29 is 23.5 Å². The minimum atomic E-state index is -4.87. The first kappa shape index (κ1) is 14.3. The van der Waals surface area contributed by atoms with Crippen LogP contribution in [0.4, 0.5) is 4.39 Å². The Morgan fingerprint density at radius 2 is 1.89 bits per heavy atom. The zero-order chi connectivity index (χ0) is 14.2. The van der Waals surface area contributed by atoms with Crippen LogP contribution in [0, 0.1) is 0 Å². The third-order valence-corrected chi connectivity index (χ3v) is 4.22. The van der Waals surface area contributed by atoms with Crippen LogP contribution in [0.5, 0.6) is 0 Å². The lowest BCUT2D eigenvalue weighted by Gasteiger charge is -2.13. The zero-order valence-corrected chi connectivity index (χ0v) is 11.9. The van der Waals surface area contributed by atoms with E-state index < -0.39 is 13.5 Å². The second-order valence-corrected chi connectivity index (χ2v) is 6.51. The molecule has 0 aliphatic rings. The molecule has 0 saturated heterocycles. The molecule has 100 valence electrons. The Labute approximate surface area is 116 Å². The van der Waals surface area contributed by atoms with Crippen LogP contribution in [0.15, 0.2) is 34.8 Å². The minimum Gasteiger partial charge on any atom is -0.322 e. The molecular weight excluding hydrogens is 338 g/mol. The number of aldehydes is 1. The Hall–Kier alpha value is -1.07. The molecule has 0 spiro atoms. The second kappa shape index (κ2) is 5.13. The van der Waals surface area contributed by atoms with Crippen molar-refractivity contribution in [2.45, 2.75) is 5.91 Å². The van der Waals surface area contributed by atoms with Crippen LogP contribution in [0.25, 0.3) is 10.8 Å². The van der Waals surface area contributed by atoms with Gasteiger partial charge in [0.15, 0.2) is 0 Å². The van der Waals surface area contributed by atoms with Gasteiger partial charge in [-0.25, -0.2) is 4.39 Å². The highest BCUT2D eigenvalue weighted by Crippen LogP contribution is 2.54. The molecule has 1 atom stereocenters. The Morgan fingerprint density at radius 1 is 1.21 bits per heavy atom. The summed E-state index contributed by atoms with van der Waals surface area (Å²) in [7, 11) is -4.87. The number of hydrogen-bond donors (Lipinski definition) is 2. The Bertz CT molecular complexity index is 697. The highest BCUT2D eigenvalue weighted by Gasteiger charge is 2.32. The van der Waals surface area contributed by atoms with Crippen LogP contribution in [-0.4, -0.2) is 16.1 Å². The van der Waals surface area contributed by atoms with Gasteiger partial charge in [-0.15, -0.1) is 0 Å². The highest BCUT2D eigenvalue weighted by molar-refractivity contribution is 9.10. The van der Waals surface area contributed by atoms with Gasteiger partial charge in [-0.1, -0.05) is 28.1 Å². The van der Waals surface area contributed by atoms with Gasteiger partial charge in [0.2, 0.25) is 5.91 Å². The van der Waals surface area contributed by atoms with E-state index in [1.807, 2.05) is 0 Å². The van der Waals surface area contributed by atoms with Crippen molar-refractivity contribution in [3.63, 3.8) is 0 Å². The number of fused-ring (bicyclic) bond motifs is 1. The van der Waals surface area contributed by atoms with Gasteiger partial charge in [0.25, 0.3) is 0 Å². The molecule has 2 rings (SSSR count). The van der Waals surface area contributed by atoms with Crippen molar-refractivity contribution in [3.8, 4) is 0 Å². The van der Waals surface area contributed by atoms with E-state index in [-0.39, 0.29) is 10.0 Å². The van der Waals surface area contributed by atoms with Crippen molar-refractivity contribution in [2.24, 2.45) is 0 Å². The summed E-state index contributed by atoms with van der Waals surface area (Å²) in [5.41, 5.74) is 0.274. The lowest BCUT2D eigenvalue weighted by molar-refractivity contribution is 0.112. The first-order valence-corrected chi connectivity index (χ1v) is 7.68. The van der Waals surface area contributed by atoms with E-state index in [1.165, 1.54) is 12.1 Å². The molecule has 0 aliphatic heterocycles. The van der Waals surface area contributed by atoms with E-state index in [4.69, 9.17) is 9.79 Å². The fraction of sp³-hybridized carbons (Fsp3) is 0.0833. The van der Waals surface area contributed by atoms with Gasteiger partial charge in [0, 0.05) is 15.6 Å². The van der Waals surface area contributed by atoms with Crippen LogP contribution >= 0.6 is 23.5 Å². The molecule has 19 heavy (non-hydrogen) atoms. The Balaban J connectivity index is 2.65. The summed E-state index contributed by atoms with van der Waals surface area (Å²) in [4.78, 5) is 28.5. The summed E-state index contributed by atoms with van der Waals surface area (Å²) in [6.07, 6.45) is 0.650. The van der Waals surface area contributed by atoms with Gasteiger partial charge < -0.3 is 9.79 Å². The molecule has 7 heteroatoms. The number of alkyl halides is 1. The van der Waals surface area contributed by atoms with E-state index in [9.17, 15) is 13.8 Å². The Kier molecular flexibility index (Phi) is 3.87. The monoisotopic (exact) mass is 346 g/mol. The smallest absolute Gasteiger partial charge is 0.322 e. The van der Waals surface area contributed by atoms with Crippen molar-refractivity contribution in [3.05, 3.63) is 45.9 Å². The maximum absolute atomic E-state index is 13.8. The average molecular weight is 347 g/mol. The van der Waals surface area contributed by atoms with Crippen LogP contribution in [0.2, 0.25) is 0 Å². The quantitative estimate of drug-likeness (QED) is 0.658. The molecule has 1 unspecified atom stereocenters. The second-order valence-electron chi connectivity index (χ2n) is 4.02. The summed E-state index contributed by atoms with van der Waals surface area (Å²) in [5.74, 6) is -2.40. The number of halogens is 2. The topological polar surface area (TPSA) is 74.6 Å². The molecule has 0 bridgehead atoms. The van der Waals surface area contributed by atoms with Crippen LogP contribution in [-0.2, 0) is 4.57 Å². The summed E-state index contributed by atoms with van der Waals surface area (Å²) in [5, 5.41) is 1.28. The molecule has 0 saturated carbocycles. The lowest BCUT2D eigenvalue weighted by Crippen LogP contribution is -1.95. The fourth-order valence-electron chi connectivity index (χ4n) is 1.74. The van der Waals surface area contributed by atoms with E-state index in [0.29, 0.717) is 17.2 Å². The molecule has 2 N–H and O–H groups in total. The standard InChI is InChI=1S/C12H9BrFO4P/c13-11-5-8-2-1-7(6-15)3-9(8)4-10(11)12(14)19(16,17)18/h1-6,12H,(H2,16,17,18). The summed E-state index contributed by atoms with van der Waals surface area (Å²) >= 11 is 3.09. The molecule has 0 heterocycles. The third-order valence-electron chi connectivity index (χ3n) is 2.67. The number of carbonyl (C=O) groups is 1. The van der Waals surface area contributed by atoms with Crippen molar-refractivity contribution in [1.29, 1.82) is 0 Å². The Morgan fingerprint density at radius 3 is 2.47 bits per heavy atom. The highest BCUT2D eigenvalue weighted by atomic mass is 79.9. The van der Waals surface area contributed by atoms with Crippen molar-refractivity contribution in [1.82, 2.24) is 0 Å². The summed E-state index contributed by atoms with van der Waals surface area (Å²) in [6, 6.07) is 7.71. The van der Waals surface area contributed by atoms with E-state index >= 15 is 0 Å². The molecule has 2 aromatic rings. The van der Waals surface area contributed by atoms with Crippen molar-refractivity contribution in [2.75, 3.05) is 0 Å². The van der Waals surface area contributed by atoms with Crippen LogP contribution < -0.4 is 0 Å². The number of carbonyl (C=O) groups excluding carboxylic acids is 1. The van der Waals surface area contributed by atoms with E-state index in [0.717, 1.165) is 5.39 Å². The summed E-state index contributed by atoms with van der Waals surface area (Å²) in [6.45, 7) is 0. The summed E-state index contributed by atoms with van der Waals surface area (Å²) < 4.78 is 25.0. The zero-order valence-electron chi connectivity index (χ0n) is 9.46. The van der Waals surface area contributed by atoms with Gasteiger partial charge in [-0.3, -0.25) is 9.36 Å². The minimum absolute atomic E-state index is 0.135. The number of benzene rings is 2. The van der Waals surface area contributed by atoms with Gasteiger partial charge in [0.05, 0.1) is 0 Å². The van der Waals surface area contributed by atoms with E-state index in [2.05, 4.69) is 15.9 Å². The molecule has 4 nitrogen and oxygen atoms in total. The maximum atomic E-state index is 13.8. The number of rotatable bonds is 3. The first-order valence-electron chi connectivity index (χ1n) is 5.20. The lowest BCUT2D eigenvalue weighted by atomic mass is 10.1. The first-order chi connectivity index (χ1) is 8.82. The van der Waals surface area contributed by atoms with Crippen LogP contribution in [0.1, 0.15) is 21.8 Å². The molecule has 0 aliphatic carbocycles. The third kappa shape index (κ3) is 2.92. The van der Waals surface area contributed by atoms with E-state index in [1.54, 1.807) is 18.2 Å². The normalized spacial score (nSPS) is 13.5. The molecule has 0 aromatic heterocycles. The molecule has 0 amide bonds. The molecule has 0 fully saturated rings. The SMILES string of the molecule is O=Cc1ccc2cc(Br)c(C(F)P(=O)(O)O)cc2c1. The van der Waals surface area contributed by atoms with Gasteiger partial charge in [-0.05, 0) is 29.0 Å². The van der Waals surface area contributed by atoms with Crippen molar-refractivity contribution >= 4 is 40.6 Å². The maximum Gasteiger partial charge on any atom is 0.364 e. The largest absolute Gasteiger partial charge is 0.364 e. The fourth-order valence-corrected chi connectivity index (χ4v) is 3.06. The van der Waals surface area contributed by atoms with Crippen LogP contribution in [0.3, 0.4) is 0 Å². The molecule has 2 aromatic carbocycles. The predicted octanol–water partition coefficient (Wildman–Crippen LogP) is 3.56. The predicted molar refractivity (Wildman–Crippen MR) is 72.9 cm³/mol. The average Bonchev–Trinajstić information content (AvgIpc) is 2.35.